The van der Waals surface area contributed by atoms with Crippen molar-refractivity contribution in [1.82, 2.24) is 0 Å². The summed E-state index contributed by atoms with van der Waals surface area (Å²) in [5.41, 5.74) is 2.33. The van der Waals surface area contributed by atoms with Crippen LogP contribution >= 0.6 is 0 Å². The van der Waals surface area contributed by atoms with Crippen LogP contribution in [-0.2, 0) is 5.41 Å². The van der Waals surface area contributed by atoms with Crippen molar-refractivity contribution in [3.8, 4) is 0 Å². The molecule has 16 heavy (non-hydrogen) atoms. The number of nitrogens with zero attached hydrogens (tertiary/aromatic N) is 2. The van der Waals surface area contributed by atoms with Gasteiger partial charge in [-0.15, -0.1) is 0 Å². The first kappa shape index (κ1) is 12.9. The van der Waals surface area contributed by atoms with Gasteiger partial charge in [0.1, 0.15) is 0 Å². The van der Waals surface area contributed by atoms with Crippen LogP contribution in [0.5, 0.6) is 0 Å². The summed E-state index contributed by atoms with van der Waals surface area (Å²) in [6, 6.07) is 8.29. The second-order valence-electron chi connectivity index (χ2n) is 6.17. The summed E-state index contributed by atoms with van der Waals surface area (Å²) in [6.07, 6.45) is 0. The summed E-state index contributed by atoms with van der Waals surface area (Å²) >= 11 is 0. The van der Waals surface area contributed by atoms with E-state index in [0.29, 0.717) is 0 Å². The van der Waals surface area contributed by atoms with Gasteiger partial charge < -0.3 is 0 Å². The molecule has 0 saturated carbocycles. The molecule has 2 nitrogen and oxygen atoms in total. The maximum atomic E-state index is 4.24. The first-order chi connectivity index (χ1) is 7.18. The van der Waals surface area contributed by atoms with Crippen LogP contribution in [0.15, 0.2) is 34.5 Å². The molecule has 0 atom stereocenters. The minimum Gasteiger partial charge on any atom is -0.183 e. The molecule has 0 aliphatic heterocycles. The monoisotopic (exact) mass is 218 g/mol. The SMILES string of the molecule is CC(C)(C)/N=N/c1ccc(C(C)(C)C)cc1. The van der Waals surface area contributed by atoms with Crippen LogP contribution in [0.2, 0.25) is 0 Å². The molecule has 1 aromatic rings. The van der Waals surface area contributed by atoms with Crippen LogP contribution in [0.1, 0.15) is 47.1 Å². The second-order valence-corrected chi connectivity index (χ2v) is 6.17. The molecule has 0 radical (unpaired) electrons. The second kappa shape index (κ2) is 4.36. The van der Waals surface area contributed by atoms with Crippen LogP contribution < -0.4 is 0 Å². The van der Waals surface area contributed by atoms with Crippen LogP contribution in [0, 0.1) is 0 Å². The van der Waals surface area contributed by atoms with Crippen molar-refractivity contribution in [1.29, 1.82) is 0 Å². The van der Waals surface area contributed by atoms with Gasteiger partial charge in [0.15, 0.2) is 0 Å². The largest absolute Gasteiger partial charge is 0.183 e. The highest BCUT2D eigenvalue weighted by atomic mass is 15.1. The molecular weight excluding hydrogens is 196 g/mol. The first-order valence-corrected chi connectivity index (χ1v) is 5.72. The first-order valence-electron chi connectivity index (χ1n) is 5.72. The average Bonchev–Trinajstić information content (AvgIpc) is 2.13. The molecule has 0 aliphatic carbocycles. The zero-order chi connectivity index (χ0) is 12.4. The molecular formula is C14H22N2. The van der Waals surface area contributed by atoms with Crippen LogP contribution in [0.4, 0.5) is 5.69 Å². The highest BCUT2D eigenvalue weighted by molar-refractivity contribution is 5.40. The minimum absolute atomic E-state index is 0.108. The van der Waals surface area contributed by atoms with Gasteiger partial charge in [-0.3, -0.25) is 0 Å². The molecule has 0 heterocycles. The maximum Gasteiger partial charge on any atom is 0.0852 e. The van der Waals surface area contributed by atoms with Gasteiger partial charge in [0.2, 0.25) is 0 Å². The smallest absolute Gasteiger partial charge is 0.0852 e. The van der Waals surface area contributed by atoms with Gasteiger partial charge in [0.25, 0.3) is 0 Å². The van der Waals surface area contributed by atoms with Crippen molar-refractivity contribution in [2.45, 2.75) is 52.5 Å². The molecule has 88 valence electrons. The Bertz CT molecular complexity index is 361. The van der Waals surface area contributed by atoms with E-state index >= 15 is 0 Å². The number of hydrogen-bond acceptors (Lipinski definition) is 2. The number of azo groups is 1. The zero-order valence-electron chi connectivity index (χ0n) is 11.2. The van der Waals surface area contributed by atoms with Crippen LogP contribution in [-0.4, -0.2) is 5.54 Å². The Hall–Kier alpha value is -1.18. The maximum absolute atomic E-state index is 4.24. The minimum atomic E-state index is -0.108. The molecule has 0 unspecified atom stereocenters. The third-order valence-corrected chi connectivity index (χ3v) is 2.20. The van der Waals surface area contributed by atoms with E-state index in [4.69, 9.17) is 0 Å². The molecule has 0 aromatic heterocycles. The van der Waals surface area contributed by atoms with Crippen molar-refractivity contribution in [3.05, 3.63) is 29.8 Å². The molecule has 0 aliphatic rings. The van der Waals surface area contributed by atoms with E-state index in [1.165, 1.54) is 5.56 Å². The normalized spacial score (nSPS) is 13.4. The lowest BCUT2D eigenvalue weighted by Gasteiger charge is -2.18. The molecule has 0 amide bonds. The fourth-order valence-corrected chi connectivity index (χ4v) is 1.24. The van der Waals surface area contributed by atoms with E-state index in [1.807, 2.05) is 32.9 Å². The number of benzene rings is 1. The Labute approximate surface area is 98.8 Å². The van der Waals surface area contributed by atoms with E-state index in [2.05, 4.69) is 43.1 Å². The summed E-state index contributed by atoms with van der Waals surface area (Å²) in [7, 11) is 0. The molecule has 1 aromatic carbocycles. The molecule has 0 fully saturated rings. The van der Waals surface area contributed by atoms with Crippen molar-refractivity contribution >= 4 is 5.69 Å². The van der Waals surface area contributed by atoms with E-state index < -0.39 is 0 Å². The Morgan fingerprint density at radius 2 is 1.31 bits per heavy atom. The molecule has 0 spiro atoms. The third-order valence-electron chi connectivity index (χ3n) is 2.20. The summed E-state index contributed by atoms with van der Waals surface area (Å²) in [5, 5.41) is 8.47. The lowest BCUT2D eigenvalue weighted by Crippen LogP contribution is -2.10. The Kier molecular flexibility index (Phi) is 3.51. The third kappa shape index (κ3) is 4.13. The van der Waals surface area contributed by atoms with E-state index in [0.717, 1.165) is 5.69 Å². The number of rotatable bonds is 1. The van der Waals surface area contributed by atoms with Crippen LogP contribution in [0.3, 0.4) is 0 Å². The zero-order valence-corrected chi connectivity index (χ0v) is 11.2. The average molecular weight is 218 g/mol. The van der Waals surface area contributed by atoms with E-state index in [9.17, 15) is 0 Å². The van der Waals surface area contributed by atoms with Crippen LogP contribution in [0.25, 0.3) is 0 Å². The van der Waals surface area contributed by atoms with Gasteiger partial charge in [0, 0.05) is 0 Å². The van der Waals surface area contributed by atoms with Crippen molar-refractivity contribution in [2.24, 2.45) is 10.2 Å². The highest BCUT2D eigenvalue weighted by Gasteiger charge is 2.12. The fraction of sp³-hybridized carbons (Fsp3) is 0.571. The van der Waals surface area contributed by atoms with Gasteiger partial charge in [-0.2, -0.15) is 10.2 Å². The topological polar surface area (TPSA) is 24.7 Å². The molecule has 0 bridgehead atoms. The summed E-state index contributed by atoms with van der Waals surface area (Å²) in [4.78, 5) is 0. The Balaban J connectivity index is 2.85. The highest BCUT2D eigenvalue weighted by Crippen LogP contribution is 2.25. The van der Waals surface area contributed by atoms with E-state index in [1.54, 1.807) is 0 Å². The summed E-state index contributed by atoms with van der Waals surface area (Å²) < 4.78 is 0. The lowest BCUT2D eigenvalue weighted by atomic mass is 9.87. The van der Waals surface area contributed by atoms with Gasteiger partial charge in [-0.05, 0) is 43.9 Å². The molecule has 0 N–H and O–H groups in total. The molecule has 0 saturated heterocycles. The summed E-state index contributed by atoms with van der Waals surface area (Å²) in [6.45, 7) is 12.7. The van der Waals surface area contributed by atoms with Crippen molar-refractivity contribution in [2.75, 3.05) is 0 Å². The lowest BCUT2D eigenvalue weighted by molar-refractivity contribution is 0.552. The number of hydrogen-bond donors (Lipinski definition) is 0. The quantitative estimate of drug-likeness (QED) is 0.601. The van der Waals surface area contributed by atoms with Gasteiger partial charge in [-0.25, -0.2) is 0 Å². The van der Waals surface area contributed by atoms with Crippen molar-refractivity contribution < 1.29 is 0 Å². The predicted octanol–water partition coefficient (Wildman–Crippen LogP) is 4.87. The molecule has 2 heteroatoms. The van der Waals surface area contributed by atoms with Gasteiger partial charge >= 0.3 is 0 Å². The van der Waals surface area contributed by atoms with E-state index in [-0.39, 0.29) is 11.0 Å². The molecule has 1 rings (SSSR count). The Morgan fingerprint density at radius 3 is 1.69 bits per heavy atom. The summed E-state index contributed by atoms with van der Waals surface area (Å²) in [5.74, 6) is 0. The Morgan fingerprint density at radius 1 is 0.812 bits per heavy atom. The van der Waals surface area contributed by atoms with Gasteiger partial charge in [-0.1, -0.05) is 32.9 Å². The van der Waals surface area contributed by atoms with Gasteiger partial charge in [0.05, 0.1) is 11.2 Å². The fourth-order valence-electron chi connectivity index (χ4n) is 1.24. The predicted molar refractivity (Wildman–Crippen MR) is 69.4 cm³/mol. The standard InChI is InChI=1S/C14H22N2/c1-13(2,3)11-7-9-12(10-8-11)15-16-14(4,5)6/h7-10H,1-6H3/b16-15+. The van der Waals surface area contributed by atoms with Crippen molar-refractivity contribution in [3.63, 3.8) is 0 Å².